The summed E-state index contributed by atoms with van der Waals surface area (Å²) in [6, 6.07) is 5.44. The molecule has 0 fully saturated rings. The number of amides is 1. The fourth-order valence-corrected chi connectivity index (χ4v) is 2.03. The number of carbonyl (C=O) groups is 1. The Morgan fingerprint density at radius 3 is 2.75 bits per heavy atom. The van der Waals surface area contributed by atoms with Crippen LogP contribution >= 0.6 is 0 Å². The Morgan fingerprint density at radius 2 is 2.10 bits per heavy atom. The number of H-pyrrole nitrogens is 1. The summed E-state index contributed by atoms with van der Waals surface area (Å²) in [4.78, 5) is 15.3. The zero-order valence-corrected chi connectivity index (χ0v) is 11.9. The van der Waals surface area contributed by atoms with Crippen LogP contribution < -0.4 is 5.32 Å². The number of rotatable bonds is 4. The van der Waals surface area contributed by atoms with Crippen molar-refractivity contribution in [2.45, 2.75) is 26.4 Å². The molecular weight excluding hydrogens is 256 g/mol. The van der Waals surface area contributed by atoms with Crippen LogP contribution in [0.5, 0.6) is 0 Å². The maximum Gasteiger partial charge on any atom is 0.251 e. The molecule has 0 saturated carbocycles. The van der Waals surface area contributed by atoms with Crippen molar-refractivity contribution in [2.24, 2.45) is 0 Å². The molecule has 0 aliphatic rings. The molecule has 1 heterocycles. The smallest absolute Gasteiger partial charge is 0.251 e. The molecule has 0 aliphatic carbocycles. The van der Waals surface area contributed by atoms with E-state index in [9.17, 15) is 9.90 Å². The van der Waals surface area contributed by atoms with E-state index < -0.39 is 12.2 Å². The van der Waals surface area contributed by atoms with Crippen LogP contribution in [0.4, 0.5) is 0 Å². The molecule has 5 heteroatoms. The van der Waals surface area contributed by atoms with Gasteiger partial charge in [-0.15, -0.1) is 0 Å². The van der Waals surface area contributed by atoms with Crippen molar-refractivity contribution in [2.75, 3.05) is 13.2 Å². The largest absolute Gasteiger partial charge is 0.393 e. The molecule has 1 atom stereocenters. The minimum atomic E-state index is -1.31. The Hall–Kier alpha value is -1.85. The number of aromatic nitrogens is 1. The Balaban J connectivity index is 2.20. The molecule has 0 aliphatic heterocycles. The molecule has 2 aromatic rings. The fraction of sp³-hybridized carbons (Fsp3) is 0.400. The number of aromatic amines is 1. The van der Waals surface area contributed by atoms with E-state index in [4.69, 9.17) is 5.11 Å². The van der Waals surface area contributed by atoms with Gasteiger partial charge in [0.2, 0.25) is 0 Å². The lowest BCUT2D eigenvalue weighted by Crippen LogP contribution is -2.43. The van der Waals surface area contributed by atoms with Crippen LogP contribution in [-0.4, -0.2) is 39.9 Å². The van der Waals surface area contributed by atoms with E-state index in [0.29, 0.717) is 5.56 Å². The van der Waals surface area contributed by atoms with Gasteiger partial charge in [-0.2, -0.15) is 0 Å². The highest BCUT2D eigenvalue weighted by Crippen LogP contribution is 2.22. The van der Waals surface area contributed by atoms with Crippen LogP contribution in [0.15, 0.2) is 18.2 Å². The summed E-state index contributed by atoms with van der Waals surface area (Å²) in [5.41, 5.74) is 2.44. The number of hydrogen-bond acceptors (Lipinski definition) is 3. The maximum absolute atomic E-state index is 12.1. The third-order valence-electron chi connectivity index (χ3n) is 3.54. The Morgan fingerprint density at radius 1 is 1.40 bits per heavy atom. The first-order valence-corrected chi connectivity index (χ1v) is 6.54. The molecule has 5 nitrogen and oxygen atoms in total. The minimum Gasteiger partial charge on any atom is -0.393 e. The van der Waals surface area contributed by atoms with E-state index in [1.165, 1.54) is 6.92 Å². The lowest BCUT2D eigenvalue weighted by Gasteiger charge is -2.20. The van der Waals surface area contributed by atoms with Gasteiger partial charge in [0.05, 0.1) is 6.61 Å². The molecule has 1 unspecified atom stereocenters. The molecule has 0 radical (unpaired) electrons. The van der Waals surface area contributed by atoms with Crippen LogP contribution in [0.25, 0.3) is 10.9 Å². The highest BCUT2D eigenvalue weighted by atomic mass is 16.3. The predicted octanol–water partition coefficient (Wildman–Crippen LogP) is 1.26. The monoisotopic (exact) mass is 276 g/mol. The van der Waals surface area contributed by atoms with Gasteiger partial charge in [0.15, 0.2) is 0 Å². The third kappa shape index (κ3) is 2.84. The van der Waals surface area contributed by atoms with Crippen molar-refractivity contribution in [1.29, 1.82) is 0 Å². The van der Waals surface area contributed by atoms with Gasteiger partial charge in [0.1, 0.15) is 5.60 Å². The Kier molecular flexibility index (Phi) is 3.83. The van der Waals surface area contributed by atoms with Gasteiger partial charge in [-0.05, 0) is 44.5 Å². The molecule has 0 bridgehead atoms. The van der Waals surface area contributed by atoms with Gasteiger partial charge in [-0.3, -0.25) is 4.79 Å². The van der Waals surface area contributed by atoms with E-state index in [1.807, 2.05) is 26.0 Å². The van der Waals surface area contributed by atoms with Crippen molar-refractivity contribution in [3.63, 3.8) is 0 Å². The van der Waals surface area contributed by atoms with Crippen molar-refractivity contribution < 1.29 is 15.0 Å². The first-order chi connectivity index (χ1) is 9.34. The quantitative estimate of drug-likeness (QED) is 0.678. The summed E-state index contributed by atoms with van der Waals surface area (Å²) in [5, 5.41) is 22.3. The first kappa shape index (κ1) is 14.6. The van der Waals surface area contributed by atoms with Crippen molar-refractivity contribution in [1.82, 2.24) is 10.3 Å². The number of fused-ring (bicyclic) bond motifs is 1. The second-order valence-corrected chi connectivity index (χ2v) is 5.47. The predicted molar refractivity (Wildman–Crippen MR) is 77.8 cm³/mol. The van der Waals surface area contributed by atoms with Gasteiger partial charge < -0.3 is 20.5 Å². The summed E-state index contributed by atoms with van der Waals surface area (Å²) in [5.74, 6) is -0.265. The molecule has 1 amide bonds. The number of aliphatic hydroxyl groups is 2. The van der Waals surface area contributed by atoms with Crippen LogP contribution in [0, 0.1) is 13.8 Å². The highest BCUT2D eigenvalue weighted by Gasteiger charge is 2.20. The minimum absolute atomic E-state index is 0.00547. The maximum atomic E-state index is 12.1. The van der Waals surface area contributed by atoms with E-state index >= 15 is 0 Å². The molecule has 0 saturated heterocycles. The summed E-state index contributed by atoms with van der Waals surface area (Å²) in [7, 11) is 0. The third-order valence-corrected chi connectivity index (χ3v) is 3.54. The molecule has 108 valence electrons. The van der Waals surface area contributed by atoms with Crippen LogP contribution in [-0.2, 0) is 0 Å². The Bertz CT molecular complexity index is 644. The second-order valence-electron chi connectivity index (χ2n) is 5.47. The zero-order chi connectivity index (χ0) is 14.9. The lowest BCUT2D eigenvalue weighted by atomic mass is 10.1. The standard InChI is InChI=1S/C15H20N2O3/c1-9-10(2)17-13-5-4-11(6-12(9)13)14(19)16-7-15(3,20)8-18/h4-6,17-18,20H,7-8H2,1-3H3,(H,16,19). The van der Waals surface area contributed by atoms with Crippen LogP contribution in [0.3, 0.4) is 0 Å². The molecular formula is C15H20N2O3. The lowest BCUT2D eigenvalue weighted by molar-refractivity contribution is 0.00320. The summed E-state index contributed by atoms with van der Waals surface area (Å²) >= 11 is 0. The number of hydrogen-bond donors (Lipinski definition) is 4. The van der Waals surface area contributed by atoms with Gasteiger partial charge >= 0.3 is 0 Å². The second kappa shape index (κ2) is 5.26. The summed E-state index contributed by atoms with van der Waals surface area (Å²) in [6.45, 7) is 5.07. The zero-order valence-electron chi connectivity index (χ0n) is 11.9. The van der Waals surface area contributed by atoms with E-state index in [-0.39, 0.29) is 12.5 Å². The SMILES string of the molecule is Cc1[nH]c2ccc(C(=O)NCC(C)(O)CO)cc2c1C. The first-order valence-electron chi connectivity index (χ1n) is 6.54. The topological polar surface area (TPSA) is 85.4 Å². The highest BCUT2D eigenvalue weighted by molar-refractivity contribution is 5.99. The molecule has 4 N–H and O–H groups in total. The molecule has 2 rings (SSSR count). The van der Waals surface area contributed by atoms with Gasteiger partial charge in [0.25, 0.3) is 5.91 Å². The number of nitrogens with one attached hydrogen (secondary N) is 2. The average molecular weight is 276 g/mol. The number of carbonyl (C=O) groups excluding carboxylic acids is 1. The normalized spacial score (nSPS) is 14.2. The summed E-state index contributed by atoms with van der Waals surface area (Å²) < 4.78 is 0. The van der Waals surface area contributed by atoms with E-state index in [0.717, 1.165) is 22.2 Å². The number of aliphatic hydroxyl groups excluding tert-OH is 1. The molecule has 1 aromatic heterocycles. The number of benzene rings is 1. The number of aryl methyl sites for hydroxylation is 2. The van der Waals surface area contributed by atoms with Crippen LogP contribution in [0.2, 0.25) is 0 Å². The van der Waals surface area contributed by atoms with Crippen molar-refractivity contribution in [3.05, 3.63) is 35.0 Å². The van der Waals surface area contributed by atoms with Gasteiger partial charge in [-0.1, -0.05) is 0 Å². The van der Waals surface area contributed by atoms with Gasteiger partial charge in [0, 0.05) is 28.7 Å². The summed E-state index contributed by atoms with van der Waals surface area (Å²) in [6.07, 6.45) is 0. The molecule has 0 spiro atoms. The van der Waals surface area contributed by atoms with Crippen molar-refractivity contribution in [3.8, 4) is 0 Å². The van der Waals surface area contributed by atoms with E-state index in [1.54, 1.807) is 6.07 Å². The van der Waals surface area contributed by atoms with Crippen LogP contribution in [0.1, 0.15) is 28.5 Å². The Labute approximate surface area is 117 Å². The average Bonchev–Trinajstić information content (AvgIpc) is 2.71. The molecule has 1 aromatic carbocycles. The van der Waals surface area contributed by atoms with E-state index in [2.05, 4.69) is 10.3 Å². The molecule has 20 heavy (non-hydrogen) atoms. The van der Waals surface area contributed by atoms with Crippen molar-refractivity contribution >= 4 is 16.8 Å². The fourth-order valence-electron chi connectivity index (χ4n) is 2.03. The van der Waals surface area contributed by atoms with Gasteiger partial charge in [-0.25, -0.2) is 0 Å².